The minimum absolute atomic E-state index is 0.0450. The molecule has 20 heavy (non-hydrogen) atoms. The number of aliphatic carboxylic acids is 1. The highest BCUT2D eigenvalue weighted by Gasteiger charge is 2.10. The van der Waals surface area contributed by atoms with E-state index in [-0.39, 0.29) is 17.1 Å². The number of benzene rings is 2. The molecule has 3 nitrogen and oxygen atoms in total. The first-order valence-corrected chi connectivity index (χ1v) is 7.30. The van der Waals surface area contributed by atoms with E-state index in [2.05, 4.69) is 0 Å². The van der Waals surface area contributed by atoms with E-state index in [9.17, 15) is 13.4 Å². The summed E-state index contributed by atoms with van der Waals surface area (Å²) < 4.78 is 25.6. The lowest BCUT2D eigenvalue weighted by molar-refractivity contribution is -0.136. The standard InChI is InChI=1S/C15H13FO3S/c16-13-3-1-2-4-14(13)20(19)10-12-7-5-11(6-8-12)9-15(17)18/h1-8H,9-10H2,(H,17,18). The molecule has 1 N–H and O–H groups in total. The summed E-state index contributed by atoms with van der Waals surface area (Å²) in [5, 5.41) is 8.67. The fourth-order valence-electron chi connectivity index (χ4n) is 1.79. The Bertz CT molecular complexity index is 638. The lowest BCUT2D eigenvalue weighted by atomic mass is 10.1. The van der Waals surface area contributed by atoms with Gasteiger partial charge >= 0.3 is 5.97 Å². The first-order chi connectivity index (χ1) is 9.56. The molecule has 2 aromatic rings. The van der Waals surface area contributed by atoms with E-state index in [1.807, 2.05) is 0 Å². The van der Waals surface area contributed by atoms with E-state index in [4.69, 9.17) is 5.11 Å². The van der Waals surface area contributed by atoms with Crippen LogP contribution >= 0.6 is 0 Å². The fraction of sp³-hybridized carbons (Fsp3) is 0.133. The molecular formula is C15H13FO3S. The third kappa shape index (κ3) is 3.74. The van der Waals surface area contributed by atoms with Crippen molar-refractivity contribution in [1.29, 1.82) is 0 Å². The van der Waals surface area contributed by atoms with Crippen LogP contribution in [0.25, 0.3) is 0 Å². The summed E-state index contributed by atoms with van der Waals surface area (Å²) in [6.07, 6.45) is -0.0450. The zero-order chi connectivity index (χ0) is 14.5. The molecule has 0 bridgehead atoms. The summed E-state index contributed by atoms with van der Waals surface area (Å²) >= 11 is 0. The minimum Gasteiger partial charge on any atom is -0.481 e. The van der Waals surface area contributed by atoms with Crippen molar-refractivity contribution in [2.45, 2.75) is 17.1 Å². The summed E-state index contributed by atoms with van der Waals surface area (Å²) in [4.78, 5) is 10.7. The highest BCUT2D eigenvalue weighted by Crippen LogP contribution is 2.16. The summed E-state index contributed by atoms with van der Waals surface area (Å²) in [6.45, 7) is 0. The van der Waals surface area contributed by atoms with Crippen molar-refractivity contribution in [2.24, 2.45) is 0 Å². The van der Waals surface area contributed by atoms with Gasteiger partial charge in [-0.2, -0.15) is 0 Å². The molecule has 0 fully saturated rings. The third-order valence-corrected chi connectivity index (χ3v) is 4.18. The van der Waals surface area contributed by atoms with Gasteiger partial charge in [0.15, 0.2) is 0 Å². The van der Waals surface area contributed by atoms with Crippen LogP contribution in [-0.2, 0) is 27.8 Å². The number of hydrogen-bond donors (Lipinski definition) is 1. The van der Waals surface area contributed by atoms with Gasteiger partial charge in [0.05, 0.1) is 27.9 Å². The largest absolute Gasteiger partial charge is 0.481 e. The first-order valence-electron chi connectivity index (χ1n) is 5.99. The average molecular weight is 292 g/mol. The second-order valence-corrected chi connectivity index (χ2v) is 5.73. The topological polar surface area (TPSA) is 54.4 Å². The molecule has 2 rings (SSSR count). The molecule has 0 spiro atoms. The molecule has 0 amide bonds. The van der Waals surface area contributed by atoms with Gasteiger partial charge in [-0.25, -0.2) is 4.39 Å². The Kier molecular flexibility index (Phi) is 4.63. The highest BCUT2D eigenvalue weighted by molar-refractivity contribution is 7.84. The molecule has 0 aliphatic carbocycles. The summed E-state index contributed by atoms with van der Waals surface area (Å²) in [7, 11) is -1.45. The zero-order valence-electron chi connectivity index (χ0n) is 10.6. The van der Waals surface area contributed by atoms with E-state index >= 15 is 0 Å². The minimum atomic E-state index is -1.45. The Morgan fingerprint density at radius 2 is 1.65 bits per heavy atom. The molecule has 0 aliphatic rings. The maximum absolute atomic E-state index is 13.5. The maximum Gasteiger partial charge on any atom is 0.307 e. The smallest absolute Gasteiger partial charge is 0.307 e. The van der Waals surface area contributed by atoms with Crippen LogP contribution in [0.2, 0.25) is 0 Å². The van der Waals surface area contributed by atoms with Crippen molar-refractivity contribution < 1.29 is 18.5 Å². The second-order valence-electron chi connectivity index (χ2n) is 4.31. The van der Waals surface area contributed by atoms with Crippen LogP contribution in [0.4, 0.5) is 4.39 Å². The molecule has 0 saturated heterocycles. The van der Waals surface area contributed by atoms with Crippen LogP contribution in [0.5, 0.6) is 0 Å². The summed E-state index contributed by atoms with van der Waals surface area (Å²) in [6, 6.07) is 12.8. The SMILES string of the molecule is O=C(O)Cc1ccc(CS(=O)c2ccccc2F)cc1. The number of carboxylic acid groups (broad SMARTS) is 1. The first kappa shape index (κ1) is 14.4. The monoisotopic (exact) mass is 292 g/mol. The van der Waals surface area contributed by atoms with Crippen LogP contribution in [-0.4, -0.2) is 15.3 Å². The van der Waals surface area contributed by atoms with Crippen molar-refractivity contribution in [1.82, 2.24) is 0 Å². The Morgan fingerprint density at radius 1 is 1.05 bits per heavy atom. The Hall–Kier alpha value is -2.01. The fourth-order valence-corrected chi connectivity index (χ4v) is 2.95. The number of carbonyl (C=O) groups is 1. The van der Waals surface area contributed by atoms with Crippen molar-refractivity contribution in [3.8, 4) is 0 Å². The van der Waals surface area contributed by atoms with Crippen molar-refractivity contribution in [3.63, 3.8) is 0 Å². The zero-order valence-corrected chi connectivity index (χ0v) is 11.4. The van der Waals surface area contributed by atoms with Gasteiger partial charge < -0.3 is 5.11 Å². The van der Waals surface area contributed by atoms with E-state index in [1.54, 1.807) is 36.4 Å². The normalized spacial score (nSPS) is 12.1. The predicted molar refractivity (Wildman–Crippen MR) is 74.3 cm³/mol. The Balaban J connectivity index is 2.09. The molecular weight excluding hydrogens is 279 g/mol. The van der Waals surface area contributed by atoms with E-state index in [1.165, 1.54) is 12.1 Å². The number of carboxylic acids is 1. The van der Waals surface area contributed by atoms with Gasteiger partial charge in [-0.3, -0.25) is 9.00 Å². The lowest BCUT2D eigenvalue weighted by Crippen LogP contribution is -2.01. The number of halogens is 1. The van der Waals surface area contributed by atoms with Crippen LogP contribution in [0.3, 0.4) is 0 Å². The number of hydrogen-bond acceptors (Lipinski definition) is 2. The Morgan fingerprint density at radius 3 is 2.25 bits per heavy atom. The summed E-state index contributed by atoms with van der Waals surface area (Å²) in [5.41, 5.74) is 1.46. The van der Waals surface area contributed by atoms with E-state index < -0.39 is 22.6 Å². The number of rotatable bonds is 5. The maximum atomic E-state index is 13.5. The molecule has 0 heterocycles. The van der Waals surface area contributed by atoms with Crippen molar-refractivity contribution in [2.75, 3.05) is 0 Å². The van der Waals surface area contributed by atoms with Gasteiger partial charge in [-0.05, 0) is 23.3 Å². The van der Waals surface area contributed by atoms with Crippen molar-refractivity contribution in [3.05, 3.63) is 65.5 Å². The van der Waals surface area contributed by atoms with Gasteiger partial charge in [0, 0.05) is 0 Å². The molecule has 2 aromatic carbocycles. The Labute approximate surface area is 118 Å². The van der Waals surface area contributed by atoms with E-state index in [0.29, 0.717) is 5.56 Å². The van der Waals surface area contributed by atoms with Gasteiger partial charge in [-0.15, -0.1) is 0 Å². The molecule has 1 unspecified atom stereocenters. The molecule has 0 saturated carbocycles. The third-order valence-electron chi connectivity index (χ3n) is 2.76. The molecule has 0 aromatic heterocycles. The van der Waals surface area contributed by atoms with Gasteiger partial charge in [0.1, 0.15) is 5.82 Å². The second kappa shape index (κ2) is 6.43. The van der Waals surface area contributed by atoms with Crippen LogP contribution < -0.4 is 0 Å². The van der Waals surface area contributed by atoms with Crippen LogP contribution in [0.1, 0.15) is 11.1 Å². The van der Waals surface area contributed by atoms with Gasteiger partial charge in [-0.1, -0.05) is 36.4 Å². The summed E-state index contributed by atoms with van der Waals surface area (Å²) in [5.74, 6) is -1.17. The average Bonchev–Trinajstić information content (AvgIpc) is 2.41. The molecule has 5 heteroatoms. The quantitative estimate of drug-likeness (QED) is 0.922. The van der Waals surface area contributed by atoms with Crippen LogP contribution in [0, 0.1) is 5.82 Å². The molecule has 1 atom stereocenters. The predicted octanol–water partition coefficient (Wildman–Crippen LogP) is 2.76. The van der Waals surface area contributed by atoms with Crippen LogP contribution in [0.15, 0.2) is 53.4 Å². The molecule has 0 radical (unpaired) electrons. The van der Waals surface area contributed by atoms with E-state index in [0.717, 1.165) is 5.56 Å². The lowest BCUT2D eigenvalue weighted by Gasteiger charge is -2.05. The van der Waals surface area contributed by atoms with Crippen molar-refractivity contribution >= 4 is 16.8 Å². The molecule has 0 aliphatic heterocycles. The van der Waals surface area contributed by atoms with Gasteiger partial charge in [0.25, 0.3) is 0 Å². The molecule has 104 valence electrons. The highest BCUT2D eigenvalue weighted by atomic mass is 32.2. The van der Waals surface area contributed by atoms with Gasteiger partial charge in [0.2, 0.25) is 0 Å².